The maximum absolute atomic E-state index is 11.0. The van der Waals surface area contributed by atoms with Crippen LogP contribution in [0.4, 0.5) is 11.4 Å². The molecule has 0 aliphatic carbocycles. The lowest BCUT2D eigenvalue weighted by Gasteiger charge is -2.09. The van der Waals surface area contributed by atoms with E-state index < -0.39 is 10.0 Å². The van der Waals surface area contributed by atoms with Gasteiger partial charge in [-0.15, -0.1) is 0 Å². The number of rotatable bonds is 3. The smallest absolute Gasteiger partial charge is 0.229 e. The molecular weight excluding hydrogens is 200 g/mol. The maximum Gasteiger partial charge on any atom is 0.229 e. The van der Waals surface area contributed by atoms with E-state index in [1.165, 1.54) is 0 Å². The van der Waals surface area contributed by atoms with E-state index in [9.17, 15) is 8.42 Å². The van der Waals surface area contributed by atoms with Crippen LogP contribution in [0.3, 0.4) is 0 Å². The van der Waals surface area contributed by atoms with Gasteiger partial charge >= 0.3 is 0 Å². The quantitative estimate of drug-likeness (QED) is 0.799. The number of anilines is 2. The first-order chi connectivity index (χ1) is 6.42. The van der Waals surface area contributed by atoms with Gasteiger partial charge < -0.3 is 5.32 Å². The molecule has 0 aliphatic rings. The molecule has 0 spiro atoms. The number of aryl methyl sites for hydroxylation is 1. The lowest BCUT2D eigenvalue weighted by atomic mass is 10.2. The molecule has 0 aliphatic heterocycles. The summed E-state index contributed by atoms with van der Waals surface area (Å²) in [5.74, 6) is 0. The summed E-state index contributed by atoms with van der Waals surface area (Å²) in [6.07, 6.45) is 1.14. The Morgan fingerprint density at radius 2 is 1.93 bits per heavy atom. The fourth-order valence-electron chi connectivity index (χ4n) is 1.13. The molecule has 0 bridgehead atoms. The molecule has 14 heavy (non-hydrogen) atoms. The summed E-state index contributed by atoms with van der Waals surface area (Å²) in [6, 6.07) is 5.44. The van der Waals surface area contributed by atoms with Crippen molar-refractivity contribution in [1.82, 2.24) is 0 Å². The van der Waals surface area contributed by atoms with Crippen LogP contribution >= 0.6 is 0 Å². The summed E-state index contributed by atoms with van der Waals surface area (Å²) in [5.41, 5.74) is 2.47. The van der Waals surface area contributed by atoms with E-state index in [-0.39, 0.29) is 0 Å². The van der Waals surface area contributed by atoms with Gasteiger partial charge in [0.1, 0.15) is 0 Å². The highest BCUT2D eigenvalue weighted by Gasteiger charge is 2.04. The normalized spacial score (nSPS) is 11.1. The van der Waals surface area contributed by atoms with Gasteiger partial charge in [-0.25, -0.2) is 8.42 Å². The lowest BCUT2D eigenvalue weighted by molar-refractivity contribution is 0.607. The lowest BCUT2D eigenvalue weighted by Crippen LogP contribution is -2.10. The second-order valence-electron chi connectivity index (χ2n) is 3.15. The van der Waals surface area contributed by atoms with Crippen molar-refractivity contribution < 1.29 is 8.42 Å². The van der Waals surface area contributed by atoms with E-state index in [4.69, 9.17) is 0 Å². The van der Waals surface area contributed by atoms with Crippen molar-refractivity contribution in [2.45, 2.75) is 6.92 Å². The first-order valence-corrected chi connectivity index (χ1v) is 6.08. The molecule has 2 N–H and O–H groups in total. The zero-order valence-corrected chi connectivity index (χ0v) is 9.27. The second kappa shape index (κ2) is 3.88. The summed E-state index contributed by atoms with van der Waals surface area (Å²) < 4.78 is 24.4. The Hall–Kier alpha value is -1.23. The van der Waals surface area contributed by atoms with E-state index in [1.54, 1.807) is 6.07 Å². The Morgan fingerprint density at radius 3 is 2.36 bits per heavy atom. The molecule has 0 radical (unpaired) electrons. The Labute approximate surface area is 84.4 Å². The minimum absolute atomic E-state index is 0.617. The van der Waals surface area contributed by atoms with E-state index in [0.717, 1.165) is 17.5 Å². The Bertz CT molecular complexity index is 426. The Morgan fingerprint density at radius 1 is 1.29 bits per heavy atom. The standard InChI is InChI=1S/C9H14N2O2S/c1-7-6-8(10-2)4-5-9(7)11-14(3,12)13/h4-6,10-11H,1-3H3. The Balaban J connectivity index is 3.01. The Kier molecular flexibility index (Phi) is 3.00. The van der Waals surface area contributed by atoms with Gasteiger partial charge in [0.25, 0.3) is 0 Å². The van der Waals surface area contributed by atoms with Crippen molar-refractivity contribution in [3.8, 4) is 0 Å². The molecule has 0 saturated heterocycles. The third kappa shape index (κ3) is 2.92. The largest absolute Gasteiger partial charge is 0.388 e. The summed E-state index contributed by atoms with van der Waals surface area (Å²) in [6.45, 7) is 1.86. The van der Waals surface area contributed by atoms with Crippen LogP contribution in [0.1, 0.15) is 5.56 Å². The van der Waals surface area contributed by atoms with Crippen molar-refractivity contribution in [3.05, 3.63) is 23.8 Å². The van der Waals surface area contributed by atoms with Gasteiger partial charge in [-0.05, 0) is 30.7 Å². The van der Waals surface area contributed by atoms with Crippen molar-refractivity contribution in [1.29, 1.82) is 0 Å². The van der Waals surface area contributed by atoms with E-state index in [0.29, 0.717) is 5.69 Å². The minimum atomic E-state index is -3.19. The van der Waals surface area contributed by atoms with Crippen molar-refractivity contribution in [2.24, 2.45) is 0 Å². The van der Waals surface area contributed by atoms with E-state index >= 15 is 0 Å². The molecule has 78 valence electrons. The number of sulfonamides is 1. The van der Waals surface area contributed by atoms with Gasteiger partial charge in [0.2, 0.25) is 10.0 Å². The van der Waals surface area contributed by atoms with Crippen LogP contribution < -0.4 is 10.0 Å². The summed E-state index contributed by atoms with van der Waals surface area (Å²) in [7, 11) is -1.37. The van der Waals surface area contributed by atoms with Gasteiger partial charge in [0, 0.05) is 12.7 Å². The third-order valence-electron chi connectivity index (χ3n) is 1.81. The molecule has 0 amide bonds. The molecule has 0 heterocycles. The van der Waals surface area contributed by atoms with Crippen molar-refractivity contribution in [2.75, 3.05) is 23.3 Å². The summed E-state index contributed by atoms with van der Waals surface area (Å²) >= 11 is 0. The maximum atomic E-state index is 11.0. The highest BCUT2D eigenvalue weighted by atomic mass is 32.2. The van der Waals surface area contributed by atoms with Crippen LogP contribution in [0.5, 0.6) is 0 Å². The molecule has 1 aromatic rings. The SMILES string of the molecule is CNc1ccc(NS(C)(=O)=O)c(C)c1. The van der Waals surface area contributed by atoms with Crippen LogP contribution in [-0.4, -0.2) is 21.7 Å². The molecule has 5 heteroatoms. The topological polar surface area (TPSA) is 58.2 Å². The number of benzene rings is 1. The first kappa shape index (κ1) is 10.8. The fraction of sp³-hybridized carbons (Fsp3) is 0.333. The average molecular weight is 214 g/mol. The summed E-state index contributed by atoms with van der Waals surface area (Å²) in [4.78, 5) is 0. The minimum Gasteiger partial charge on any atom is -0.388 e. The molecule has 0 aromatic heterocycles. The molecule has 1 rings (SSSR count). The molecule has 0 saturated carbocycles. The number of hydrogen-bond donors (Lipinski definition) is 2. The molecular formula is C9H14N2O2S. The van der Waals surface area contributed by atoms with Crippen molar-refractivity contribution in [3.63, 3.8) is 0 Å². The molecule has 0 unspecified atom stereocenters. The first-order valence-electron chi connectivity index (χ1n) is 4.18. The van der Waals surface area contributed by atoms with Crippen LogP contribution in [0.2, 0.25) is 0 Å². The third-order valence-corrected chi connectivity index (χ3v) is 2.40. The second-order valence-corrected chi connectivity index (χ2v) is 4.90. The number of hydrogen-bond acceptors (Lipinski definition) is 3. The average Bonchev–Trinajstić information content (AvgIpc) is 2.06. The van der Waals surface area contributed by atoms with Crippen LogP contribution in [0, 0.1) is 6.92 Å². The van der Waals surface area contributed by atoms with Crippen LogP contribution in [0.15, 0.2) is 18.2 Å². The van der Waals surface area contributed by atoms with Gasteiger partial charge in [0.05, 0.1) is 11.9 Å². The van der Waals surface area contributed by atoms with Crippen molar-refractivity contribution >= 4 is 21.4 Å². The zero-order chi connectivity index (χ0) is 10.8. The highest BCUT2D eigenvalue weighted by molar-refractivity contribution is 7.92. The van der Waals surface area contributed by atoms with Crippen LogP contribution in [-0.2, 0) is 10.0 Å². The highest BCUT2D eigenvalue weighted by Crippen LogP contribution is 2.19. The van der Waals surface area contributed by atoms with Gasteiger partial charge in [-0.2, -0.15) is 0 Å². The van der Waals surface area contributed by atoms with E-state index in [1.807, 2.05) is 26.1 Å². The van der Waals surface area contributed by atoms with E-state index in [2.05, 4.69) is 10.0 Å². The predicted octanol–water partition coefficient (Wildman–Crippen LogP) is 1.41. The van der Waals surface area contributed by atoms with Gasteiger partial charge in [0.15, 0.2) is 0 Å². The molecule has 4 nitrogen and oxygen atoms in total. The summed E-state index contributed by atoms with van der Waals surface area (Å²) in [5, 5.41) is 2.98. The molecule has 0 fully saturated rings. The predicted molar refractivity (Wildman–Crippen MR) is 59.2 cm³/mol. The molecule has 1 aromatic carbocycles. The van der Waals surface area contributed by atoms with Gasteiger partial charge in [-0.1, -0.05) is 0 Å². The van der Waals surface area contributed by atoms with Gasteiger partial charge in [-0.3, -0.25) is 4.72 Å². The monoisotopic (exact) mass is 214 g/mol. The molecule has 0 atom stereocenters. The number of nitrogens with one attached hydrogen (secondary N) is 2. The van der Waals surface area contributed by atoms with Crippen LogP contribution in [0.25, 0.3) is 0 Å². The fourth-order valence-corrected chi connectivity index (χ4v) is 1.76. The zero-order valence-electron chi connectivity index (χ0n) is 8.46.